The molecule has 0 nitrogen and oxygen atoms in total. The predicted molar refractivity (Wildman–Crippen MR) is 66.4 cm³/mol. The lowest BCUT2D eigenvalue weighted by molar-refractivity contribution is 0.867. The van der Waals surface area contributed by atoms with Crippen molar-refractivity contribution in [3.63, 3.8) is 0 Å². The van der Waals surface area contributed by atoms with Crippen molar-refractivity contribution in [1.82, 2.24) is 0 Å². The van der Waals surface area contributed by atoms with Crippen molar-refractivity contribution in [3.8, 4) is 0 Å². The molecule has 0 aliphatic rings. The summed E-state index contributed by atoms with van der Waals surface area (Å²) in [6, 6.07) is 0. The highest BCUT2D eigenvalue weighted by molar-refractivity contribution is 5.11. The van der Waals surface area contributed by atoms with Crippen molar-refractivity contribution in [2.24, 2.45) is 0 Å². The Morgan fingerprint density at radius 2 is 1.71 bits per heavy atom. The quantitative estimate of drug-likeness (QED) is 0.416. The Bertz CT molecular complexity index is 235. The number of unbranched alkanes of at least 4 members (excludes halogenated alkanes) is 2. The lowest BCUT2D eigenvalue weighted by Gasteiger charge is -1.90. The molecule has 0 rings (SSSR count). The molecule has 0 heterocycles. The van der Waals surface area contributed by atoms with Gasteiger partial charge in [0.05, 0.1) is 0 Å². The maximum Gasteiger partial charge on any atom is -0.0345 e. The minimum atomic E-state index is 1.13. The summed E-state index contributed by atoms with van der Waals surface area (Å²) >= 11 is 0. The van der Waals surface area contributed by atoms with Gasteiger partial charge in [-0.3, -0.25) is 0 Å². The van der Waals surface area contributed by atoms with Gasteiger partial charge in [-0.1, -0.05) is 48.1 Å². The summed E-state index contributed by atoms with van der Waals surface area (Å²) in [6.07, 6.45) is 14.3. The zero-order valence-corrected chi connectivity index (χ0v) is 9.72. The van der Waals surface area contributed by atoms with Gasteiger partial charge in [-0.25, -0.2) is 0 Å². The average molecular weight is 190 g/mol. The molecule has 0 fully saturated rings. The van der Waals surface area contributed by atoms with Crippen LogP contribution in [0.1, 0.15) is 40.0 Å². The van der Waals surface area contributed by atoms with Gasteiger partial charge >= 0.3 is 0 Å². The van der Waals surface area contributed by atoms with E-state index in [-0.39, 0.29) is 0 Å². The summed E-state index contributed by atoms with van der Waals surface area (Å²) in [5.41, 5.74) is 2.48. The smallest absolute Gasteiger partial charge is 0.0345 e. The zero-order chi connectivity index (χ0) is 10.8. The van der Waals surface area contributed by atoms with Gasteiger partial charge < -0.3 is 0 Å². The van der Waals surface area contributed by atoms with E-state index in [4.69, 9.17) is 0 Å². The van der Waals surface area contributed by atoms with Crippen LogP contribution in [0.4, 0.5) is 0 Å². The van der Waals surface area contributed by atoms with Crippen LogP contribution in [0.3, 0.4) is 0 Å². The van der Waals surface area contributed by atoms with Gasteiger partial charge in [0.2, 0.25) is 0 Å². The van der Waals surface area contributed by atoms with E-state index in [0.29, 0.717) is 0 Å². The third-order valence-corrected chi connectivity index (χ3v) is 1.71. The first-order valence-corrected chi connectivity index (χ1v) is 5.25. The van der Waals surface area contributed by atoms with Crippen LogP contribution < -0.4 is 0 Å². The second-order valence-corrected chi connectivity index (χ2v) is 3.85. The molecule has 0 atom stereocenters. The van der Waals surface area contributed by atoms with Crippen LogP contribution in [0.15, 0.2) is 48.1 Å². The van der Waals surface area contributed by atoms with Crippen molar-refractivity contribution >= 4 is 0 Å². The highest BCUT2D eigenvalue weighted by Crippen LogP contribution is 2.00. The molecule has 0 bridgehead atoms. The van der Waals surface area contributed by atoms with Gasteiger partial charge in [0.1, 0.15) is 0 Å². The fourth-order valence-electron chi connectivity index (χ4n) is 0.995. The molecule has 0 heteroatoms. The van der Waals surface area contributed by atoms with Gasteiger partial charge in [-0.2, -0.15) is 0 Å². The molecule has 0 saturated heterocycles. The van der Waals surface area contributed by atoms with E-state index in [1.807, 2.05) is 6.92 Å². The van der Waals surface area contributed by atoms with Crippen molar-refractivity contribution in [1.29, 1.82) is 0 Å². The van der Waals surface area contributed by atoms with Crippen molar-refractivity contribution < 1.29 is 0 Å². The molecule has 78 valence electrons. The number of rotatable bonds is 6. The van der Waals surface area contributed by atoms with E-state index in [9.17, 15) is 0 Å². The van der Waals surface area contributed by atoms with E-state index in [0.717, 1.165) is 18.4 Å². The molecule has 14 heavy (non-hydrogen) atoms. The molecular formula is C14H22. The van der Waals surface area contributed by atoms with Gasteiger partial charge in [-0.15, -0.1) is 0 Å². The summed E-state index contributed by atoms with van der Waals surface area (Å²) < 4.78 is 0. The molecule has 0 aromatic rings. The second kappa shape index (κ2) is 8.55. The Kier molecular flexibility index (Phi) is 7.92. The summed E-state index contributed by atoms with van der Waals surface area (Å²) in [5.74, 6) is 0. The first kappa shape index (κ1) is 13.0. The summed E-state index contributed by atoms with van der Waals surface area (Å²) in [4.78, 5) is 0. The Labute approximate surface area is 88.7 Å². The minimum absolute atomic E-state index is 1.13. The first-order chi connectivity index (χ1) is 6.63. The van der Waals surface area contributed by atoms with E-state index in [1.54, 1.807) is 0 Å². The van der Waals surface area contributed by atoms with E-state index < -0.39 is 0 Å². The van der Waals surface area contributed by atoms with Gasteiger partial charge in [0.15, 0.2) is 0 Å². The Morgan fingerprint density at radius 3 is 2.29 bits per heavy atom. The lowest BCUT2D eigenvalue weighted by Crippen LogP contribution is -1.70. The summed E-state index contributed by atoms with van der Waals surface area (Å²) in [7, 11) is 0. The van der Waals surface area contributed by atoms with Crippen LogP contribution in [0.2, 0.25) is 0 Å². The van der Waals surface area contributed by atoms with Crippen LogP contribution in [-0.4, -0.2) is 0 Å². The highest BCUT2D eigenvalue weighted by Gasteiger charge is 1.80. The van der Waals surface area contributed by atoms with Crippen LogP contribution in [0.25, 0.3) is 0 Å². The number of hydrogen-bond acceptors (Lipinski definition) is 0. The predicted octanol–water partition coefficient (Wildman–Crippen LogP) is 4.81. The largest absolute Gasteiger partial charge is 0.0961 e. The molecule has 0 aromatic heterocycles. The SMILES string of the molecule is C=C(C)/C=C/CCC/C=C/C=C(C)C. The van der Waals surface area contributed by atoms with Crippen molar-refractivity contribution in [2.45, 2.75) is 40.0 Å². The summed E-state index contributed by atoms with van der Waals surface area (Å²) in [6.45, 7) is 10.1. The molecule has 0 amide bonds. The molecule has 0 unspecified atom stereocenters. The molecular weight excluding hydrogens is 168 g/mol. The van der Waals surface area contributed by atoms with E-state index in [2.05, 4.69) is 50.8 Å². The second-order valence-electron chi connectivity index (χ2n) is 3.85. The van der Waals surface area contributed by atoms with Crippen LogP contribution in [0.5, 0.6) is 0 Å². The zero-order valence-electron chi connectivity index (χ0n) is 9.72. The van der Waals surface area contributed by atoms with E-state index in [1.165, 1.54) is 12.0 Å². The molecule has 0 aliphatic carbocycles. The number of allylic oxidation sites excluding steroid dienone is 7. The van der Waals surface area contributed by atoms with E-state index >= 15 is 0 Å². The van der Waals surface area contributed by atoms with Crippen LogP contribution in [0, 0.1) is 0 Å². The van der Waals surface area contributed by atoms with Crippen LogP contribution in [-0.2, 0) is 0 Å². The standard InChI is InChI=1S/C14H22/c1-13(2)11-9-7-5-6-8-10-12-14(3)4/h8-12H,1,5-7H2,2-4H3/b10-8+,11-9+. The molecule has 0 radical (unpaired) electrons. The topological polar surface area (TPSA) is 0 Å². The Morgan fingerprint density at radius 1 is 1.07 bits per heavy atom. The van der Waals surface area contributed by atoms with Crippen LogP contribution >= 0.6 is 0 Å². The fourth-order valence-corrected chi connectivity index (χ4v) is 0.995. The molecule has 0 N–H and O–H groups in total. The maximum atomic E-state index is 3.81. The molecule has 0 aromatic carbocycles. The van der Waals surface area contributed by atoms with Gasteiger partial charge in [-0.05, 0) is 40.0 Å². The fraction of sp³-hybridized carbons (Fsp3) is 0.429. The van der Waals surface area contributed by atoms with Crippen molar-refractivity contribution in [2.75, 3.05) is 0 Å². The minimum Gasteiger partial charge on any atom is -0.0961 e. The van der Waals surface area contributed by atoms with Crippen molar-refractivity contribution in [3.05, 3.63) is 48.1 Å². The van der Waals surface area contributed by atoms with Gasteiger partial charge in [0, 0.05) is 0 Å². The third kappa shape index (κ3) is 11.0. The maximum absolute atomic E-state index is 3.81. The lowest BCUT2D eigenvalue weighted by atomic mass is 10.2. The molecule has 0 saturated carbocycles. The molecule has 0 spiro atoms. The highest BCUT2D eigenvalue weighted by atomic mass is 13.9. The van der Waals surface area contributed by atoms with Gasteiger partial charge in [0.25, 0.3) is 0 Å². The summed E-state index contributed by atoms with van der Waals surface area (Å²) in [5, 5.41) is 0. The molecule has 0 aliphatic heterocycles. The monoisotopic (exact) mass is 190 g/mol. The average Bonchev–Trinajstić information content (AvgIpc) is 2.08. The first-order valence-electron chi connectivity index (χ1n) is 5.25. The number of hydrogen-bond donors (Lipinski definition) is 0. The Balaban J connectivity index is 3.43. The third-order valence-electron chi connectivity index (χ3n) is 1.71. The normalized spacial score (nSPS) is 11.1. The Hall–Kier alpha value is -1.04.